The van der Waals surface area contributed by atoms with E-state index in [0.717, 1.165) is 6.54 Å². The maximum absolute atomic E-state index is 4.36. The Hall–Kier alpha value is -1.68. The van der Waals surface area contributed by atoms with Crippen LogP contribution in [-0.2, 0) is 6.54 Å². The Kier molecular flexibility index (Phi) is 4.10. The maximum Gasteiger partial charge on any atom is 0.0641 e. The van der Waals surface area contributed by atoms with Crippen LogP contribution < -0.4 is 5.32 Å². The average molecular weight is 244 g/mol. The third kappa shape index (κ3) is 3.17. The quantitative estimate of drug-likeness (QED) is 0.877. The van der Waals surface area contributed by atoms with Crippen molar-refractivity contribution in [2.24, 2.45) is 0 Å². The number of aryl methyl sites for hydroxylation is 1. The monoisotopic (exact) mass is 244 g/mol. The number of hydrogen-bond acceptors (Lipinski definition) is 3. The highest BCUT2D eigenvalue weighted by atomic mass is 15.3. The van der Waals surface area contributed by atoms with Gasteiger partial charge in [-0.05, 0) is 44.0 Å². The van der Waals surface area contributed by atoms with Gasteiger partial charge in [-0.2, -0.15) is 5.10 Å². The summed E-state index contributed by atoms with van der Waals surface area (Å²) in [6, 6.07) is 4.75. The molecule has 96 valence electrons. The summed E-state index contributed by atoms with van der Waals surface area (Å²) in [5.74, 6) is 0. The first-order valence-electron chi connectivity index (χ1n) is 6.30. The van der Waals surface area contributed by atoms with E-state index in [0.29, 0.717) is 12.1 Å². The summed E-state index contributed by atoms with van der Waals surface area (Å²) in [4.78, 5) is 4.02. The van der Waals surface area contributed by atoms with E-state index in [1.165, 1.54) is 11.1 Å². The highest BCUT2D eigenvalue weighted by Crippen LogP contribution is 2.11. The summed E-state index contributed by atoms with van der Waals surface area (Å²) in [6.45, 7) is 7.28. The van der Waals surface area contributed by atoms with Crippen molar-refractivity contribution in [2.45, 2.75) is 39.4 Å². The van der Waals surface area contributed by atoms with Crippen molar-refractivity contribution in [1.29, 1.82) is 0 Å². The largest absolute Gasteiger partial charge is 0.308 e. The van der Waals surface area contributed by atoms with Crippen LogP contribution >= 0.6 is 0 Å². The van der Waals surface area contributed by atoms with Gasteiger partial charge in [0.05, 0.1) is 12.2 Å². The predicted molar refractivity (Wildman–Crippen MR) is 72.2 cm³/mol. The third-order valence-corrected chi connectivity index (χ3v) is 3.25. The van der Waals surface area contributed by atoms with E-state index >= 15 is 0 Å². The van der Waals surface area contributed by atoms with Crippen molar-refractivity contribution < 1.29 is 0 Å². The molecule has 0 aliphatic rings. The molecule has 0 aliphatic carbocycles. The van der Waals surface area contributed by atoms with Crippen LogP contribution in [0.5, 0.6) is 0 Å². The van der Waals surface area contributed by atoms with Crippen molar-refractivity contribution in [2.75, 3.05) is 0 Å². The van der Waals surface area contributed by atoms with E-state index in [2.05, 4.69) is 42.4 Å². The van der Waals surface area contributed by atoms with Crippen molar-refractivity contribution in [3.05, 3.63) is 48.0 Å². The molecule has 2 atom stereocenters. The van der Waals surface area contributed by atoms with E-state index < -0.39 is 0 Å². The lowest BCUT2D eigenvalue weighted by Gasteiger charge is -2.21. The minimum Gasteiger partial charge on any atom is -0.308 e. The topological polar surface area (TPSA) is 42.7 Å². The lowest BCUT2D eigenvalue weighted by molar-refractivity contribution is 0.365. The van der Waals surface area contributed by atoms with Gasteiger partial charge in [0, 0.05) is 31.2 Å². The first kappa shape index (κ1) is 12.8. The molecule has 0 aromatic carbocycles. The number of nitrogens with one attached hydrogen (secondary N) is 1. The minimum absolute atomic E-state index is 0.334. The molecule has 0 bridgehead atoms. The van der Waals surface area contributed by atoms with Crippen LogP contribution in [0.2, 0.25) is 0 Å². The van der Waals surface area contributed by atoms with Crippen molar-refractivity contribution >= 4 is 0 Å². The summed E-state index contributed by atoms with van der Waals surface area (Å²) in [5.41, 5.74) is 2.45. The zero-order chi connectivity index (χ0) is 13.0. The van der Waals surface area contributed by atoms with Gasteiger partial charge in [-0.1, -0.05) is 0 Å². The highest BCUT2D eigenvalue weighted by molar-refractivity contribution is 5.09. The van der Waals surface area contributed by atoms with E-state index in [9.17, 15) is 0 Å². The molecule has 0 spiro atoms. The van der Waals surface area contributed by atoms with Crippen LogP contribution in [0.15, 0.2) is 36.9 Å². The van der Waals surface area contributed by atoms with E-state index in [4.69, 9.17) is 0 Å². The Morgan fingerprint density at radius 2 is 2.00 bits per heavy atom. The van der Waals surface area contributed by atoms with Crippen LogP contribution in [0.25, 0.3) is 0 Å². The molecule has 2 aromatic heterocycles. The van der Waals surface area contributed by atoms with Gasteiger partial charge in [-0.3, -0.25) is 9.67 Å². The summed E-state index contributed by atoms with van der Waals surface area (Å²) < 4.78 is 2.01. The number of nitrogens with zero attached hydrogens (tertiary/aromatic N) is 3. The fourth-order valence-corrected chi connectivity index (χ4v) is 1.83. The molecule has 2 rings (SSSR count). The molecular formula is C14H20N4. The summed E-state index contributed by atoms with van der Waals surface area (Å²) in [6.07, 6.45) is 7.62. The molecule has 0 saturated heterocycles. The Morgan fingerprint density at radius 3 is 2.61 bits per heavy atom. The molecule has 2 heterocycles. The van der Waals surface area contributed by atoms with E-state index in [1.54, 1.807) is 0 Å². The molecule has 2 aromatic rings. The molecule has 0 radical (unpaired) electrons. The Bertz CT molecular complexity index is 478. The van der Waals surface area contributed by atoms with Crippen LogP contribution in [0.4, 0.5) is 0 Å². The number of pyridine rings is 1. The lowest BCUT2D eigenvalue weighted by atomic mass is 10.1. The molecule has 0 aliphatic heterocycles. The standard InChI is InChI=1S/C14H20N4/c1-11-8-17-18(10-11)13(3)12(2)16-9-14-4-6-15-7-5-14/h4-8,10,12-13,16H,9H2,1-3H3/t12-,13+/m0/s1. The highest BCUT2D eigenvalue weighted by Gasteiger charge is 2.13. The second-order valence-corrected chi connectivity index (χ2v) is 4.76. The molecule has 18 heavy (non-hydrogen) atoms. The molecule has 4 heteroatoms. The third-order valence-electron chi connectivity index (χ3n) is 3.25. The van der Waals surface area contributed by atoms with Gasteiger partial charge in [0.1, 0.15) is 0 Å². The zero-order valence-corrected chi connectivity index (χ0v) is 11.2. The SMILES string of the molecule is Cc1cnn([C@H](C)[C@H](C)NCc2ccncc2)c1. The normalized spacial score (nSPS) is 14.4. The lowest BCUT2D eigenvalue weighted by Crippen LogP contribution is -2.33. The fourth-order valence-electron chi connectivity index (χ4n) is 1.83. The van der Waals surface area contributed by atoms with Gasteiger partial charge in [0.25, 0.3) is 0 Å². The van der Waals surface area contributed by atoms with Gasteiger partial charge in [0.2, 0.25) is 0 Å². The van der Waals surface area contributed by atoms with Crippen molar-refractivity contribution in [1.82, 2.24) is 20.1 Å². The van der Waals surface area contributed by atoms with Crippen LogP contribution in [-0.4, -0.2) is 20.8 Å². The van der Waals surface area contributed by atoms with Crippen molar-refractivity contribution in [3.63, 3.8) is 0 Å². The Morgan fingerprint density at radius 1 is 1.28 bits per heavy atom. The zero-order valence-electron chi connectivity index (χ0n) is 11.2. The van der Waals surface area contributed by atoms with Crippen LogP contribution in [0.1, 0.15) is 31.0 Å². The number of aromatic nitrogens is 3. The second-order valence-electron chi connectivity index (χ2n) is 4.76. The van der Waals surface area contributed by atoms with Crippen LogP contribution in [0, 0.1) is 6.92 Å². The molecule has 0 unspecified atom stereocenters. The van der Waals surface area contributed by atoms with E-state index in [1.807, 2.05) is 35.4 Å². The second kappa shape index (κ2) is 5.78. The number of hydrogen-bond donors (Lipinski definition) is 1. The fraction of sp³-hybridized carbons (Fsp3) is 0.429. The molecular weight excluding hydrogens is 224 g/mol. The summed E-state index contributed by atoms with van der Waals surface area (Å²) in [5, 5.41) is 7.88. The molecule has 0 fully saturated rings. The molecule has 0 amide bonds. The van der Waals surface area contributed by atoms with Gasteiger partial charge < -0.3 is 5.32 Å². The summed E-state index contributed by atoms with van der Waals surface area (Å²) in [7, 11) is 0. The predicted octanol–water partition coefficient (Wildman–Crippen LogP) is 2.33. The first-order chi connectivity index (χ1) is 8.66. The smallest absolute Gasteiger partial charge is 0.0641 e. The Labute approximate surface area is 108 Å². The van der Waals surface area contributed by atoms with E-state index in [-0.39, 0.29) is 0 Å². The maximum atomic E-state index is 4.36. The van der Waals surface area contributed by atoms with Gasteiger partial charge >= 0.3 is 0 Å². The first-order valence-corrected chi connectivity index (χ1v) is 6.30. The number of rotatable bonds is 5. The van der Waals surface area contributed by atoms with Gasteiger partial charge in [0.15, 0.2) is 0 Å². The van der Waals surface area contributed by atoms with Gasteiger partial charge in [-0.25, -0.2) is 0 Å². The van der Waals surface area contributed by atoms with Gasteiger partial charge in [-0.15, -0.1) is 0 Å². The summed E-state index contributed by atoms with van der Waals surface area (Å²) >= 11 is 0. The Balaban J connectivity index is 1.90. The van der Waals surface area contributed by atoms with Crippen molar-refractivity contribution in [3.8, 4) is 0 Å². The molecule has 0 saturated carbocycles. The average Bonchev–Trinajstić information content (AvgIpc) is 2.83. The van der Waals surface area contributed by atoms with Crippen LogP contribution in [0.3, 0.4) is 0 Å². The molecule has 1 N–H and O–H groups in total. The molecule has 4 nitrogen and oxygen atoms in total. The minimum atomic E-state index is 0.334.